The van der Waals surface area contributed by atoms with Crippen molar-refractivity contribution in [2.45, 2.75) is 32.7 Å². The maximum atomic E-state index is 12.6. The summed E-state index contributed by atoms with van der Waals surface area (Å²) in [5, 5.41) is 8.70. The third-order valence-corrected chi connectivity index (χ3v) is 4.58. The Labute approximate surface area is 152 Å². The van der Waals surface area contributed by atoms with E-state index in [0.29, 0.717) is 11.1 Å². The molecule has 0 aliphatic heterocycles. The molecule has 1 heterocycles. The quantitative estimate of drug-likeness (QED) is 0.770. The lowest BCUT2D eigenvalue weighted by atomic mass is 10.0. The average molecular weight is 349 g/mol. The van der Waals surface area contributed by atoms with Crippen molar-refractivity contribution in [1.82, 2.24) is 15.1 Å². The van der Waals surface area contributed by atoms with Crippen molar-refractivity contribution in [3.8, 4) is 0 Å². The van der Waals surface area contributed by atoms with Crippen LogP contribution in [0.4, 0.5) is 0 Å². The summed E-state index contributed by atoms with van der Waals surface area (Å²) in [4.78, 5) is 24.8. The summed E-state index contributed by atoms with van der Waals surface area (Å²) in [6.45, 7) is 4.09. The van der Waals surface area contributed by atoms with Gasteiger partial charge in [0.1, 0.15) is 0 Å². The lowest BCUT2D eigenvalue weighted by Gasteiger charge is -2.18. The van der Waals surface area contributed by atoms with E-state index < -0.39 is 0 Å². The molecule has 1 N–H and O–H groups in total. The van der Waals surface area contributed by atoms with E-state index in [2.05, 4.69) is 10.4 Å². The first-order valence-electron chi connectivity index (χ1n) is 8.80. The maximum Gasteiger partial charge on any atom is 0.274 e. The highest BCUT2D eigenvalue weighted by Gasteiger charge is 2.16. The Morgan fingerprint density at radius 1 is 1.12 bits per heavy atom. The number of carbonyl (C=O) groups excluding carboxylic acids is 1. The molecule has 0 unspecified atom stereocenters. The number of aromatic nitrogens is 2. The Hall–Kier alpha value is -2.95. The molecule has 0 radical (unpaired) electrons. The van der Waals surface area contributed by atoms with Gasteiger partial charge in [-0.25, -0.2) is 4.68 Å². The van der Waals surface area contributed by atoms with E-state index in [9.17, 15) is 9.59 Å². The number of amides is 1. The molecule has 0 saturated heterocycles. The van der Waals surface area contributed by atoms with Gasteiger partial charge in [-0.05, 0) is 25.0 Å². The summed E-state index contributed by atoms with van der Waals surface area (Å²) in [6, 6.07) is 15.4. The largest absolute Gasteiger partial charge is 0.349 e. The standard InChI is InChI=1S/C21H23N3O2/c1-4-18(15-11-9-14(2)10-12-15)22-20(25)13-19-16-7-5-6-8-17(16)21(26)24(3)23-19/h5-12,18H,4,13H2,1-3H3,(H,22,25)/t18-/m1/s1. The number of benzene rings is 2. The number of hydrogen-bond acceptors (Lipinski definition) is 3. The molecule has 0 bridgehead atoms. The van der Waals surface area contributed by atoms with Crippen LogP contribution >= 0.6 is 0 Å². The molecule has 0 aliphatic carbocycles. The molecule has 1 amide bonds. The molecule has 1 aromatic heterocycles. The van der Waals surface area contributed by atoms with Crippen LogP contribution in [0, 0.1) is 6.92 Å². The fourth-order valence-corrected chi connectivity index (χ4v) is 3.12. The summed E-state index contributed by atoms with van der Waals surface area (Å²) in [5.74, 6) is -0.103. The molecule has 3 aromatic rings. The van der Waals surface area contributed by atoms with E-state index in [1.54, 1.807) is 13.1 Å². The second-order valence-corrected chi connectivity index (χ2v) is 6.54. The summed E-state index contributed by atoms with van der Waals surface area (Å²) in [7, 11) is 1.61. The van der Waals surface area contributed by atoms with Crippen LogP contribution in [0.15, 0.2) is 53.3 Å². The fraction of sp³-hybridized carbons (Fsp3) is 0.286. The minimum absolute atomic E-state index is 0.0399. The molecule has 1 atom stereocenters. The van der Waals surface area contributed by atoms with Gasteiger partial charge in [0.25, 0.3) is 5.56 Å². The number of hydrogen-bond donors (Lipinski definition) is 1. The smallest absolute Gasteiger partial charge is 0.274 e. The number of fused-ring (bicyclic) bond motifs is 1. The Morgan fingerprint density at radius 3 is 2.42 bits per heavy atom. The van der Waals surface area contributed by atoms with Gasteiger partial charge in [0.2, 0.25) is 5.91 Å². The molecule has 26 heavy (non-hydrogen) atoms. The normalized spacial score (nSPS) is 12.1. The van der Waals surface area contributed by atoms with E-state index in [1.165, 1.54) is 10.2 Å². The van der Waals surface area contributed by atoms with Gasteiger partial charge < -0.3 is 5.32 Å². The SMILES string of the molecule is CC[C@@H](NC(=O)Cc1nn(C)c(=O)c2ccccc12)c1ccc(C)cc1. The molecular formula is C21H23N3O2. The molecule has 2 aromatic carbocycles. The number of nitrogens with one attached hydrogen (secondary N) is 1. The van der Waals surface area contributed by atoms with Gasteiger partial charge in [-0.3, -0.25) is 9.59 Å². The second-order valence-electron chi connectivity index (χ2n) is 6.54. The fourth-order valence-electron chi connectivity index (χ4n) is 3.12. The maximum absolute atomic E-state index is 12.6. The monoisotopic (exact) mass is 349 g/mol. The second kappa shape index (κ2) is 7.52. The predicted molar refractivity (Wildman–Crippen MR) is 103 cm³/mol. The van der Waals surface area contributed by atoms with Crippen LogP contribution in [0.25, 0.3) is 10.8 Å². The minimum atomic E-state index is -0.157. The Morgan fingerprint density at radius 2 is 1.77 bits per heavy atom. The Balaban J connectivity index is 1.84. The Kier molecular flexibility index (Phi) is 5.16. The molecule has 0 fully saturated rings. The van der Waals surface area contributed by atoms with Crippen LogP contribution in [-0.2, 0) is 18.3 Å². The predicted octanol–water partition coefficient (Wildman–Crippen LogP) is 3.05. The first-order chi connectivity index (χ1) is 12.5. The van der Waals surface area contributed by atoms with Crippen molar-refractivity contribution in [2.24, 2.45) is 7.05 Å². The lowest BCUT2D eigenvalue weighted by Crippen LogP contribution is -2.31. The van der Waals surface area contributed by atoms with Crippen molar-refractivity contribution in [1.29, 1.82) is 0 Å². The summed E-state index contributed by atoms with van der Waals surface area (Å²) in [5.41, 5.74) is 2.73. The van der Waals surface area contributed by atoms with Gasteiger partial charge in [0.15, 0.2) is 0 Å². The zero-order chi connectivity index (χ0) is 18.7. The van der Waals surface area contributed by atoms with Gasteiger partial charge in [0, 0.05) is 12.4 Å². The van der Waals surface area contributed by atoms with Crippen molar-refractivity contribution < 1.29 is 4.79 Å². The van der Waals surface area contributed by atoms with Crippen LogP contribution in [0.1, 0.15) is 36.2 Å². The van der Waals surface area contributed by atoms with Gasteiger partial charge in [-0.1, -0.05) is 55.0 Å². The van der Waals surface area contributed by atoms with Crippen molar-refractivity contribution in [3.05, 3.63) is 75.7 Å². The summed E-state index contributed by atoms with van der Waals surface area (Å²) >= 11 is 0. The first kappa shape index (κ1) is 17.9. The molecule has 0 saturated carbocycles. The number of carbonyl (C=O) groups is 1. The average Bonchev–Trinajstić information content (AvgIpc) is 2.65. The third-order valence-electron chi connectivity index (χ3n) is 4.58. The molecule has 0 aliphatic rings. The lowest BCUT2D eigenvalue weighted by molar-refractivity contribution is -0.121. The van der Waals surface area contributed by atoms with Gasteiger partial charge in [-0.15, -0.1) is 0 Å². The summed E-state index contributed by atoms with van der Waals surface area (Å²) in [6.07, 6.45) is 0.938. The van der Waals surface area contributed by atoms with E-state index >= 15 is 0 Å². The zero-order valence-electron chi connectivity index (χ0n) is 15.3. The summed E-state index contributed by atoms with van der Waals surface area (Å²) < 4.78 is 1.29. The Bertz CT molecular complexity index is 990. The molecule has 5 heteroatoms. The minimum Gasteiger partial charge on any atom is -0.349 e. The van der Waals surface area contributed by atoms with Crippen molar-refractivity contribution >= 4 is 16.7 Å². The number of rotatable bonds is 5. The molecule has 0 spiro atoms. The molecule has 5 nitrogen and oxygen atoms in total. The third kappa shape index (κ3) is 3.67. The van der Waals surface area contributed by atoms with Crippen LogP contribution < -0.4 is 10.9 Å². The molecule has 134 valence electrons. The van der Waals surface area contributed by atoms with Crippen LogP contribution in [-0.4, -0.2) is 15.7 Å². The first-order valence-corrected chi connectivity index (χ1v) is 8.80. The van der Waals surface area contributed by atoms with E-state index in [1.807, 2.05) is 56.3 Å². The number of aryl methyl sites for hydroxylation is 2. The topological polar surface area (TPSA) is 64.0 Å². The highest BCUT2D eigenvalue weighted by Crippen LogP contribution is 2.18. The molecular weight excluding hydrogens is 326 g/mol. The van der Waals surface area contributed by atoms with Crippen molar-refractivity contribution in [3.63, 3.8) is 0 Å². The van der Waals surface area contributed by atoms with Crippen molar-refractivity contribution in [2.75, 3.05) is 0 Å². The van der Waals surface area contributed by atoms with Gasteiger partial charge in [0.05, 0.1) is 23.5 Å². The highest BCUT2D eigenvalue weighted by atomic mass is 16.1. The van der Waals surface area contributed by atoms with E-state index in [4.69, 9.17) is 0 Å². The van der Waals surface area contributed by atoms with Crippen LogP contribution in [0.3, 0.4) is 0 Å². The van der Waals surface area contributed by atoms with Gasteiger partial charge in [-0.2, -0.15) is 5.10 Å². The zero-order valence-corrected chi connectivity index (χ0v) is 15.3. The van der Waals surface area contributed by atoms with Crippen LogP contribution in [0.5, 0.6) is 0 Å². The number of nitrogens with zero attached hydrogens (tertiary/aromatic N) is 2. The highest BCUT2D eigenvalue weighted by molar-refractivity contribution is 5.88. The van der Waals surface area contributed by atoms with Crippen LogP contribution in [0.2, 0.25) is 0 Å². The van der Waals surface area contributed by atoms with E-state index in [0.717, 1.165) is 17.4 Å². The molecule has 3 rings (SSSR count). The van der Waals surface area contributed by atoms with E-state index in [-0.39, 0.29) is 23.9 Å². The van der Waals surface area contributed by atoms with Gasteiger partial charge >= 0.3 is 0 Å².